The fraction of sp³-hybridized carbons (Fsp3) is 0.118. The molecule has 0 unspecified atom stereocenters. The van der Waals surface area contributed by atoms with Crippen molar-refractivity contribution in [3.05, 3.63) is 66.0 Å². The van der Waals surface area contributed by atoms with Crippen LogP contribution in [0.1, 0.15) is 11.4 Å². The summed E-state index contributed by atoms with van der Waals surface area (Å²) in [5.41, 5.74) is 2.13. The minimum atomic E-state index is 0.702. The van der Waals surface area contributed by atoms with Crippen LogP contribution in [-0.4, -0.2) is 26.9 Å². The molecule has 2 aromatic carbocycles. The number of rotatable bonds is 5. The monoisotopic (exact) mass is 337 g/mol. The van der Waals surface area contributed by atoms with Crippen molar-refractivity contribution in [3.8, 4) is 5.75 Å². The molecule has 0 aliphatic carbocycles. The third-order valence-corrected chi connectivity index (χ3v) is 4.42. The first-order valence-electron chi connectivity index (χ1n) is 7.48. The molecular formula is C17H15N5OS. The molecule has 1 N–H and O–H groups in total. The molecule has 0 spiro atoms. The molecule has 24 heavy (non-hydrogen) atoms. The Balaban J connectivity index is 1.57. The Labute approximate surface area is 142 Å². The van der Waals surface area contributed by atoms with E-state index in [4.69, 9.17) is 4.74 Å². The largest absolute Gasteiger partial charge is 0.497 e. The van der Waals surface area contributed by atoms with Crippen molar-refractivity contribution in [3.63, 3.8) is 0 Å². The van der Waals surface area contributed by atoms with Gasteiger partial charge in [0.1, 0.15) is 5.75 Å². The van der Waals surface area contributed by atoms with Crippen molar-refractivity contribution in [2.75, 3.05) is 12.4 Å². The number of aromatic nitrogens is 4. The van der Waals surface area contributed by atoms with Gasteiger partial charge in [-0.2, -0.15) is 4.52 Å². The third kappa shape index (κ3) is 2.93. The average molecular weight is 337 g/mol. The van der Waals surface area contributed by atoms with Gasteiger partial charge in [0.2, 0.25) is 10.1 Å². The lowest BCUT2D eigenvalue weighted by molar-refractivity contribution is 0.415. The quantitative estimate of drug-likeness (QED) is 0.603. The summed E-state index contributed by atoms with van der Waals surface area (Å²) in [6.07, 6.45) is 0.702. The molecule has 0 amide bonds. The molecule has 4 aromatic rings. The first-order valence-corrected chi connectivity index (χ1v) is 8.29. The topological polar surface area (TPSA) is 64.3 Å². The van der Waals surface area contributed by atoms with E-state index in [1.54, 1.807) is 11.6 Å². The van der Waals surface area contributed by atoms with E-state index < -0.39 is 0 Å². The summed E-state index contributed by atoms with van der Waals surface area (Å²) in [7, 11) is 1.65. The maximum absolute atomic E-state index is 5.16. The predicted octanol–water partition coefficient (Wildman–Crippen LogP) is 3.53. The number of hydrogen-bond donors (Lipinski definition) is 1. The summed E-state index contributed by atoms with van der Waals surface area (Å²) in [6.45, 7) is 0. The molecular weight excluding hydrogens is 322 g/mol. The van der Waals surface area contributed by atoms with Gasteiger partial charge >= 0.3 is 0 Å². The van der Waals surface area contributed by atoms with Gasteiger partial charge in [-0.05, 0) is 29.8 Å². The van der Waals surface area contributed by atoms with Crippen LogP contribution in [0.5, 0.6) is 5.75 Å². The van der Waals surface area contributed by atoms with Crippen LogP contribution in [0.2, 0.25) is 0 Å². The highest BCUT2D eigenvalue weighted by molar-refractivity contribution is 7.20. The lowest BCUT2D eigenvalue weighted by atomic mass is 10.1. The Morgan fingerprint density at radius 2 is 1.83 bits per heavy atom. The Hall–Kier alpha value is -2.93. The molecule has 0 aliphatic rings. The van der Waals surface area contributed by atoms with E-state index in [1.165, 1.54) is 16.9 Å². The van der Waals surface area contributed by atoms with Gasteiger partial charge < -0.3 is 10.1 Å². The van der Waals surface area contributed by atoms with Crippen molar-refractivity contribution in [2.45, 2.75) is 6.42 Å². The number of nitrogens with one attached hydrogen (secondary N) is 1. The van der Waals surface area contributed by atoms with Crippen LogP contribution in [0, 0.1) is 0 Å². The molecule has 0 fully saturated rings. The smallest absolute Gasteiger partial charge is 0.236 e. The van der Waals surface area contributed by atoms with Crippen LogP contribution in [0.3, 0.4) is 0 Å². The normalized spacial score (nSPS) is 10.9. The summed E-state index contributed by atoms with van der Waals surface area (Å²) < 4.78 is 6.96. The SMILES string of the molecule is COc1ccc(Nc2nn3c(Cc4ccccc4)nnc3s2)cc1. The molecule has 6 nitrogen and oxygen atoms in total. The number of benzene rings is 2. The maximum Gasteiger partial charge on any atom is 0.236 e. The van der Waals surface area contributed by atoms with Crippen molar-refractivity contribution in [1.82, 2.24) is 19.8 Å². The summed E-state index contributed by atoms with van der Waals surface area (Å²) in [5, 5.41) is 17.1. The second-order valence-electron chi connectivity index (χ2n) is 5.23. The highest BCUT2D eigenvalue weighted by Gasteiger charge is 2.12. The molecule has 0 saturated heterocycles. The Bertz CT molecular complexity index is 946. The first kappa shape index (κ1) is 14.6. The van der Waals surface area contributed by atoms with E-state index in [-0.39, 0.29) is 0 Å². The average Bonchev–Trinajstić information content (AvgIpc) is 3.18. The van der Waals surface area contributed by atoms with Crippen molar-refractivity contribution in [2.24, 2.45) is 0 Å². The maximum atomic E-state index is 5.16. The molecule has 0 radical (unpaired) electrons. The van der Waals surface area contributed by atoms with Gasteiger partial charge in [-0.25, -0.2) is 0 Å². The number of anilines is 2. The molecule has 4 rings (SSSR count). The van der Waals surface area contributed by atoms with Gasteiger partial charge in [0, 0.05) is 12.1 Å². The van der Waals surface area contributed by atoms with Crippen LogP contribution >= 0.6 is 11.3 Å². The minimum Gasteiger partial charge on any atom is -0.497 e. The summed E-state index contributed by atoms with van der Waals surface area (Å²) >= 11 is 1.47. The van der Waals surface area contributed by atoms with Crippen LogP contribution in [-0.2, 0) is 6.42 Å². The molecule has 0 bridgehead atoms. The minimum absolute atomic E-state index is 0.702. The van der Waals surface area contributed by atoms with Crippen LogP contribution in [0.4, 0.5) is 10.8 Å². The van der Waals surface area contributed by atoms with Gasteiger partial charge in [0.25, 0.3) is 0 Å². The van der Waals surface area contributed by atoms with E-state index in [0.29, 0.717) is 6.42 Å². The first-order chi connectivity index (χ1) is 11.8. The molecule has 0 saturated carbocycles. The third-order valence-electron chi connectivity index (χ3n) is 3.60. The summed E-state index contributed by atoms with van der Waals surface area (Å²) in [4.78, 5) is 0.775. The predicted molar refractivity (Wildman–Crippen MR) is 94.2 cm³/mol. The zero-order valence-corrected chi connectivity index (χ0v) is 13.8. The number of ether oxygens (including phenoxy) is 1. The Kier molecular flexibility index (Phi) is 3.84. The van der Waals surface area contributed by atoms with Gasteiger partial charge in [-0.15, -0.1) is 15.3 Å². The molecule has 7 heteroatoms. The molecule has 0 aliphatic heterocycles. The number of methoxy groups -OCH3 is 1. The second-order valence-corrected chi connectivity index (χ2v) is 6.19. The highest BCUT2D eigenvalue weighted by atomic mass is 32.1. The highest BCUT2D eigenvalue weighted by Crippen LogP contribution is 2.24. The zero-order chi connectivity index (χ0) is 16.4. The number of hydrogen-bond acceptors (Lipinski definition) is 6. The fourth-order valence-corrected chi connectivity index (χ4v) is 3.17. The Morgan fingerprint density at radius 3 is 2.58 bits per heavy atom. The van der Waals surface area contributed by atoms with Gasteiger partial charge in [0.15, 0.2) is 5.82 Å². The van der Waals surface area contributed by atoms with E-state index in [9.17, 15) is 0 Å². The fourth-order valence-electron chi connectivity index (χ4n) is 2.39. The van der Waals surface area contributed by atoms with Crippen LogP contribution < -0.4 is 10.1 Å². The summed E-state index contributed by atoms with van der Waals surface area (Å²) in [6, 6.07) is 17.9. The zero-order valence-electron chi connectivity index (χ0n) is 13.0. The van der Waals surface area contributed by atoms with Gasteiger partial charge in [-0.3, -0.25) is 0 Å². The number of nitrogens with zero attached hydrogens (tertiary/aromatic N) is 4. The number of fused-ring (bicyclic) bond motifs is 1. The molecule has 120 valence electrons. The van der Waals surface area contributed by atoms with Crippen LogP contribution in [0.15, 0.2) is 54.6 Å². The van der Waals surface area contributed by atoms with Crippen molar-refractivity contribution in [1.29, 1.82) is 0 Å². The summed E-state index contributed by atoms with van der Waals surface area (Å²) in [5.74, 6) is 1.65. The Morgan fingerprint density at radius 1 is 1.04 bits per heavy atom. The van der Waals surface area contributed by atoms with Crippen molar-refractivity contribution >= 4 is 27.1 Å². The van der Waals surface area contributed by atoms with Crippen molar-refractivity contribution < 1.29 is 4.74 Å². The molecule has 2 heterocycles. The van der Waals surface area contributed by atoms with E-state index in [2.05, 4.69) is 32.7 Å². The lowest BCUT2D eigenvalue weighted by Crippen LogP contribution is -1.98. The van der Waals surface area contributed by atoms with Gasteiger partial charge in [0.05, 0.1) is 7.11 Å². The van der Waals surface area contributed by atoms with E-state index >= 15 is 0 Å². The van der Waals surface area contributed by atoms with E-state index in [1.807, 2.05) is 42.5 Å². The molecule has 2 aromatic heterocycles. The standard InChI is InChI=1S/C17H15N5OS/c1-23-14-9-7-13(8-10-14)18-16-21-22-15(19-20-17(22)24-16)11-12-5-3-2-4-6-12/h2-10H,11H2,1H3,(H,18,21). The van der Waals surface area contributed by atoms with E-state index in [0.717, 1.165) is 27.4 Å². The van der Waals surface area contributed by atoms with Gasteiger partial charge in [-0.1, -0.05) is 41.7 Å². The van der Waals surface area contributed by atoms with Crippen LogP contribution in [0.25, 0.3) is 4.96 Å². The molecule has 0 atom stereocenters. The lowest BCUT2D eigenvalue weighted by Gasteiger charge is -2.03. The second kappa shape index (κ2) is 6.29.